The number of para-hydroxylation sites is 4. The summed E-state index contributed by atoms with van der Waals surface area (Å²) in [4.78, 5) is 0. The van der Waals surface area contributed by atoms with E-state index in [0.717, 1.165) is 0 Å². The van der Waals surface area contributed by atoms with Crippen LogP contribution in [0.4, 0.5) is 0 Å². The van der Waals surface area contributed by atoms with Crippen molar-refractivity contribution in [2.75, 3.05) is 0 Å². The summed E-state index contributed by atoms with van der Waals surface area (Å²) in [7, 11) is 0. The van der Waals surface area contributed by atoms with Crippen LogP contribution in [0.5, 0.6) is 0 Å². The second-order valence-electron chi connectivity index (χ2n) is 9.43. The molecule has 8 aromatic rings. The van der Waals surface area contributed by atoms with E-state index in [1.807, 2.05) is 0 Å². The monoisotopic (exact) mass is 458 g/mol. The van der Waals surface area contributed by atoms with Crippen LogP contribution in [0.15, 0.2) is 133 Å². The van der Waals surface area contributed by atoms with Crippen LogP contribution in [-0.4, -0.2) is 9.13 Å². The number of hydrogen-bond acceptors (Lipinski definition) is 0. The molecule has 2 heteroatoms. The minimum absolute atomic E-state index is 1.17. The van der Waals surface area contributed by atoms with E-state index in [9.17, 15) is 0 Å². The van der Waals surface area contributed by atoms with Gasteiger partial charge in [-0.2, -0.15) is 0 Å². The van der Waals surface area contributed by atoms with Crippen molar-refractivity contribution in [1.29, 1.82) is 0 Å². The fourth-order valence-corrected chi connectivity index (χ4v) is 5.97. The van der Waals surface area contributed by atoms with Crippen molar-refractivity contribution < 1.29 is 0 Å². The summed E-state index contributed by atoms with van der Waals surface area (Å²) in [6.07, 6.45) is 0. The lowest BCUT2D eigenvalue weighted by atomic mass is 10.1. The molecule has 6 aromatic carbocycles. The van der Waals surface area contributed by atoms with E-state index in [-0.39, 0.29) is 0 Å². The third-order valence-corrected chi connectivity index (χ3v) is 7.48. The van der Waals surface area contributed by atoms with Crippen LogP contribution in [-0.2, 0) is 0 Å². The van der Waals surface area contributed by atoms with Crippen LogP contribution >= 0.6 is 0 Å². The Morgan fingerprint density at radius 2 is 0.722 bits per heavy atom. The lowest BCUT2D eigenvalue weighted by Gasteiger charge is -2.16. The first-order valence-electron chi connectivity index (χ1n) is 12.4. The summed E-state index contributed by atoms with van der Waals surface area (Å²) in [6.45, 7) is 0. The molecule has 2 nitrogen and oxygen atoms in total. The number of nitrogens with zero attached hydrogens (tertiary/aromatic N) is 2. The number of hydrogen-bond donors (Lipinski definition) is 0. The van der Waals surface area contributed by atoms with Crippen molar-refractivity contribution >= 4 is 54.4 Å². The van der Waals surface area contributed by atoms with Crippen LogP contribution < -0.4 is 0 Å². The zero-order valence-electron chi connectivity index (χ0n) is 19.6. The number of fused-ring (bicyclic) bond motifs is 7. The summed E-state index contributed by atoms with van der Waals surface area (Å²) in [6, 6.07) is 48.3. The zero-order valence-corrected chi connectivity index (χ0v) is 19.6. The van der Waals surface area contributed by atoms with E-state index < -0.39 is 0 Å². The van der Waals surface area contributed by atoms with Gasteiger partial charge in [-0.25, -0.2) is 0 Å². The molecule has 0 aliphatic carbocycles. The highest BCUT2D eigenvalue weighted by atomic mass is 15.0. The van der Waals surface area contributed by atoms with Crippen LogP contribution in [0, 0.1) is 0 Å². The lowest BCUT2D eigenvalue weighted by Crippen LogP contribution is -2.00. The smallest absolute Gasteiger partial charge is 0.0561 e. The molecule has 0 bridgehead atoms. The van der Waals surface area contributed by atoms with Gasteiger partial charge in [-0.3, -0.25) is 0 Å². The van der Waals surface area contributed by atoms with Crippen molar-refractivity contribution in [3.05, 3.63) is 133 Å². The van der Waals surface area contributed by atoms with E-state index in [4.69, 9.17) is 0 Å². The lowest BCUT2D eigenvalue weighted by molar-refractivity contribution is 1.15. The average Bonchev–Trinajstić information content (AvgIpc) is 3.46. The molecule has 0 unspecified atom stereocenters. The fourth-order valence-electron chi connectivity index (χ4n) is 5.97. The van der Waals surface area contributed by atoms with Crippen molar-refractivity contribution in [3.8, 4) is 11.4 Å². The Morgan fingerprint density at radius 1 is 0.333 bits per heavy atom. The van der Waals surface area contributed by atoms with E-state index in [1.165, 1.54) is 65.8 Å². The molecule has 0 saturated carbocycles. The van der Waals surface area contributed by atoms with Gasteiger partial charge >= 0.3 is 0 Å². The summed E-state index contributed by atoms with van der Waals surface area (Å²) in [5.41, 5.74) is 7.26. The highest BCUT2D eigenvalue weighted by molar-refractivity contribution is 6.12. The summed E-state index contributed by atoms with van der Waals surface area (Å²) in [5.74, 6) is 0. The van der Waals surface area contributed by atoms with E-state index >= 15 is 0 Å². The van der Waals surface area contributed by atoms with Crippen molar-refractivity contribution in [1.82, 2.24) is 9.13 Å². The number of aromatic nitrogens is 2. The molecular weight excluding hydrogens is 436 g/mol. The molecule has 0 aliphatic rings. The van der Waals surface area contributed by atoms with Gasteiger partial charge in [-0.05, 0) is 41.8 Å². The first-order valence-corrected chi connectivity index (χ1v) is 12.4. The molecule has 8 rings (SSSR count). The highest BCUT2D eigenvalue weighted by Gasteiger charge is 2.17. The van der Waals surface area contributed by atoms with Crippen molar-refractivity contribution in [2.45, 2.75) is 0 Å². The van der Waals surface area contributed by atoms with Crippen LogP contribution in [0.3, 0.4) is 0 Å². The molecule has 2 heterocycles. The van der Waals surface area contributed by atoms with Gasteiger partial charge in [0.15, 0.2) is 0 Å². The Morgan fingerprint density at radius 3 is 1.22 bits per heavy atom. The Hall–Kier alpha value is -4.82. The Bertz CT molecular complexity index is 2000. The van der Waals surface area contributed by atoms with Gasteiger partial charge in [0.25, 0.3) is 0 Å². The SMILES string of the molecule is c1ccc2c(-n3c4ccccc4c4ccccc43)cc(-n3c4ccccc4c4ccccc43)cc2c1. The minimum atomic E-state index is 1.17. The van der Waals surface area contributed by atoms with Crippen molar-refractivity contribution in [2.24, 2.45) is 0 Å². The number of rotatable bonds is 2. The molecular formula is C34H22N2. The highest BCUT2D eigenvalue weighted by Crippen LogP contribution is 2.38. The van der Waals surface area contributed by atoms with E-state index in [2.05, 4.69) is 143 Å². The maximum absolute atomic E-state index is 2.43. The normalized spacial score (nSPS) is 11.9. The molecule has 2 aromatic heterocycles. The Labute approximate surface area is 208 Å². The zero-order chi connectivity index (χ0) is 23.6. The fraction of sp³-hybridized carbons (Fsp3) is 0. The molecule has 0 aliphatic heterocycles. The maximum Gasteiger partial charge on any atom is 0.0561 e. The van der Waals surface area contributed by atoms with Crippen molar-refractivity contribution in [3.63, 3.8) is 0 Å². The molecule has 0 spiro atoms. The predicted octanol–water partition coefficient (Wildman–Crippen LogP) is 9.03. The summed E-state index contributed by atoms with van der Waals surface area (Å²) < 4.78 is 4.85. The van der Waals surface area contributed by atoms with Crippen LogP contribution in [0.2, 0.25) is 0 Å². The largest absolute Gasteiger partial charge is 0.309 e. The molecule has 0 amide bonds. The molecule has 0 saturated heterocycles. The van der Waals surface area contributed by atoms with E-state index in [0.29, 0.717) is 0 Å². The van der Waals surface area contributed by atoms with Crippen LogP contribution in [0.1, 0.15) is 0 Å². The van der Waals surface area contributed by atoms with Gasteiger partial charge in [-0.1, -0.05) is 97.1 Å². The predicted molar refractivity (Wildman–Crippen MR) is 153 cm³/mol. The molecule has 0 N–H and O–H groups in total. The standard InChI is InChI=1S/C34H22N2/c1-2-12-25-23(11-1)21-24(35-30-17-7-3-13-26(30)27-14-4-8-18-31(27)35)22-34(25)36-32-19-9-5-15-28(32)29-16-6-10-20-33(29)36/h1-22H. The quantitative estimate of drug-likeness (QED) is 0.244. The summed E-state index contributed by atoms with van der Waals surface area (Å²) in [5, 5.41) is 7.58. The molecule has 0 atom stereocenters. The first kappa shape index (κ1) is 19.5. The second kappa shape index (κ2) is 7.34. The molecule has 168 valence electrons. The Kier molecular flexibility index (Phi) is 3.97. The van der Waals surface area contributed by atoms with Gasteiger partial charge in [-0.15, -0.1) is 0 Å². The molecule has 0 radical (unpaired) electrons. The van der Waals surface area contributed by atoms with Gasteiger partial charge in [0.1, 0.15) is 0 Å². The third kappa shape index (κ3) is 2.61. The molecule has 36 heavy (non-hydrogen) atoms. The van der Waals surface area contributed by atoms with Gasteiger partial charge in [0.2, 0.25) is 0 Å². The average molecular weight is 459 g/mol. The molecule has 0 fully saturated rings. The summed E-state index contributed by atoms with van der Waals surface area (Å²) >= 11 is 0. The Balaban J connectivity index is 1.55. The van der Waals surface area contributed by atoms with Gasteiger partial charge in [0, 0.05) is 32.6 Å². The van der Waals surface area contributed by atoms with Gasteiger partial charge in [0.05, 0.1) is 27.8 Å². The van der Waals surface area contributed by atoms with Crippen LogP contribution in [0.25, 0.3) is 65.8 Å². The number of benzene rings is 6. The minimum Gasteiger partial charge on any atom is -0.309 e. The maximum atomic E-state index is 2.43. The first-order chi connectivity index (χ1) is 17.9. The second-order valence-corrected chi connectivity index (χ2v) is 9.43. The van der Waals surface area contributed by atoms with E-state index in [1.54, 1.807) is 0 Å². The topological polar surface area (TPSA) is 9.86 Å². The third-order valence-electron chi connectivity index (χ3n) is 7.48. The van der Waals surface area contributed by atoms with Gasteiger partial charge < -0.3 is 9.13 Å².